The summed E-state index contributed by atoms with van der Waals surface area (Å²) in [5, 5.41) is 18.1. The molecule has 0 heterocycles. The minimum Gasteiger partial charge on any atom is -0.508 e. The quantitative estimate of drug-likeness (QED) is 0.699. The first kappa shape index (κ1) is 8.81. The SMILES string of the molecule is C/C=C(\CO)c1cccc(O)c1. The van der Waals surface area contributed by atoms with Crippen molar-refractivity contribution in [3.63, 3.8) is 0 Å². The summed E-state index contributed by atoms with van der Waals surface area (Å²) in [4.78, 5) is 0. The maximum absolute atomic E-state index is 9.14. The lowest BCUT2D eigenvalue weighted by Crippen LogP contribution is -1.88. The van der Waals surface area contributed by atoms with E-state index in [1.165, 1.54) is 0 Å². The number of allylic oxidation sites excluding steroid dienone is 1. The number of phenolic OH excluding ortho intramolecular Hbond substituents is 1. The molecule has 2 nitrogen and oxygen atoms in total. The maximum Gasteiger partial charge on any atom is 0.116 e. The van der Waals surface area contributed by atoms with Gasteiger partial charge in [-0.15, -0.1) is 0 Å². The van der Waals surface area contributed by atoms with E-state index in [1.807, 2.05) is 19.1 Å². The van der Waals surface area contributed by atoms with Crippen molar-refractivity contribution in [3.8, 4) is 5.75 Å². The molecule has 0 atom stereocenters. The Morgan fingerprint density at radius 1 is 1.50 bits per heavy atom. The van der Waals surface area contributed by atoms with E-state index in [9.17, 15) is 0 Å². The molecule has 0 fully saturated rings. The van der Waals surface area contributed by atoms with E-state index in [2.05, 4.69) is 0 Å². The van der Waals surface area contributed by atoms with Crippen LogP contribution in [0.2, 0.25) is 0 Å². The summed E-state index contributed by atoms with van der Waals surface area (Å²) in [6.45, 7) is 1.86. The van der Waals surface area contributed by atoms with Crippen molar-refractivity contribution in [1.29, 1.82) is 0 Å². The van der Waals surface area contributed by atoms with Crippen LogP contribution in [0.3, 0.4) is 0 Å². The topological polar surface area (TPSA) is 40.5 Å². The molecule has 0 radical (unpaired) electrons. The first-order valence-electron chi connectivity index (χ1n) is 3.83. The van der Waals surface area contributed by atoms with Crippen LogP contribution in [-0.2, 0) is 0 Å². The lowest BCUT2D eigenvalue weighted by atomic mass is 10.1. The molecule has 0 aromatic heterocycles. The van der Waals surface area contributed by atoms with Gasteiger partial charge in [0.05, 0.1) is 6.61 Å². The molecule has 0 spiro atoms. The molecule has 0 aliphatic rings. The van der Waals surface area contributed by atoms with Crippen molar-refractivity contribution in [3.05, 3.63) is 35.9 Å². The predicted molar refractivity (Wildman–Crippen MR) is 48.8 cm³/mol. The lowest BCUT2D eigenvalue weighted by molar-refractivity contribution is 0.350. The lowest BCUT2D eigenvalue weighted by Gasteiger charge is -2.03. The fourth-order valence-corrected chi connectivity index (χ4v) is 1.05. The van der Waals surface area contributed by atoms with Crippen molar-refractivity contribution in [2.45, 2.75) is 6.92 Å². The molecular weight excluding hydrogens is 152 g/mol. The Morgan fingerprint density at radius 2 is 2.25 bits per heavy atom. The number of benzene rings is 1. The summed E-state index contributed by atoms with van der Waals surface area (Å²) in [6, 6.07) is 6.84. The fourth-order valence-electron chi connectivity index (χ4n) is 1.05. The second-order valence-electron chi connectivity index (χ2n) is 2.52. The van der Waals surface area contributed by atoms with Gasteiger partial charge >= 0.3 is 0 Å². The zero-order chi connectivity index (χ0) is 8.97. The van der Waals surface area contributed by atoms with E-state index < -0.39 is 0 Å². The Bertz CT molecular complexity index is 290. The molecule has 2 N–H and O–H groups in total. The van der Waals surface area contributed by atoms with Crippen LogP contribution in [0.15, 0.2) is 30.3 Å². The van der Waals surface area contributed by atoms with Crippen LogP contribution in [0.1, 0.15) is 12.5 Å². The van der Waals surface area contributed by atoms with Crippen molar-refractivity contribution >= 4 is 5.57 Å². The Kier molecular flexibility index (Phi) is 2.88. The number of phenols is 1. The summed E-state index contributed by atoms with van der Waals surface area (Å²) >= 11 is 0. The number of aliphatic hydroxyl groups excluding tert-OH is 1. The first-order chi connectivity index (χ1) is 5.77. The van der Waals surface area contributed by atoms with Crippen LogP contribution in [0.4, 0.5) is 0 Å². The molecule has 0 bridgehead atoms. The van der Waals surface area contributed by atoms with Gasteiger partial charge in [0.2, 0.25) is 0 Å². The minimum absolute atomic E-state index is 0.0000463. The van der Waals surface area contributed by atoms with Gasteiger partial charge in [0.1, 0.15) is 5.75 Å². The van der Waals surface area contributed by atoms with Crippen molar-refractivity contribution in [2.24, 2.45) is 0 Å². The summed E-state index contributed by atoms with van der Waals surface area (Å²) < 4.78 is 0. The molecule has 1 aromatic rings. The Balaban J connectivity index is 3.02. The molecule has 0 unspecified atom stereocenters. The number of rotatable bonds is 2. The standard InChI is InChI=1S/C10H12O2/c1-2-8(7-11)9-4-3-5-10(12)6-9/h2-6,11-12H,7H2,1H3/b8-2+. The molecule has 0 saturated heterocycles. The largest absolute Gasteiger partial charge is 0.508 e. The van der Waals surface area contributed by atoms with Gasteiger partial charge in [0.15, 0.2) is 0 Å². The van der Waals surface area contributed by atoms with Crippen LogP contribution in [0.5, 0.6) is 5.75 Å². The van der Waals surface area contributed by atoms with Crippen LogP contribution < -0.4 is 0 Å². The van der Waals surface area contributed by atoms with E-state index in [-0.39, 0.29) is 12.4 Å². The highest BCUT2D eigenvalue weighted by Crippen LogP contribution is 2.18. The Labute approximate surface area is 71.8 Å². The van der Waals surface area contributed by atoms with Gasteiger partial charge in [-0.05, 0) is 30.2 Å². The van der Waals surface area contributed by atoms with Crippen LogP contribution in [-0.4, -0.2) is 16.8 Å². The van der Waals surface area contributed by atoms with Crippen LogP contribution in [0, 0.1) is 0 Å². The molecular formula is C10H12O2. The third kappa shape index (κ3) is 1.86. The van der Waals surface area contributed by atoms with E-state index in [0.717, 1.165) is 11.1 Å². The highest BCUT2D eigenvalue weighted by Gasteiger charge is 1.98. The van der Waals surface area contributed by atoms with Crippen molar-refractivity contribution in [1.82, 2.24) is 0 Å². The highest BCUT2D eigenvalue weighted by molar-refractivity contribution is 5.66. The summed E-state index contributed by atoms with van der Waals surface area (Å²) in [7, 11) is 0. The number of hydrogen-bond acceptors (Lipinski definition) is 2. The molecule has 0 saturated carbocycles. The second kappa shape index (κ2) is 3.93. The van der Waals surface area contributed by atoms with Gasteiger partial charge in [-0.2, -0.15) is 0 Å². The van der Waals surface area contributed by atoms with Crippen molar-refractivity contribution < 1.29 is 10.2 Å². The first-order valence-corrected chi connectivity index (χ1v) is 3.83. The zero-order valence-electron chi connectivity index (χ0n) is 6.99. The molecule has 1 aromatic carbocycles. The zero-order valence-corrected chi connectivity index (χ0v) is 6.99. The van der Waals surface area contributed by atoms with E-state index in [1.54, 1.807) is 18.2 Å². The smallest absolute Gasteiger partial charge is 0.116 e. The maximum atomic E-state index is 9.14. The number of aliphatic hydroxyl groups is 1. The Hall–Kier alpha value is -1.28. The Morgan fingerprint density at radius 3 is 2.75 bits per heavy atom. The van der Waals surface area contributed by atoms with Gasteiger partial charge in [-0.25, -0.2) is 0 Å². The third-order valence-corrected chi connectivity index (χ3v) is 1.74. The molecule has 0 amide bonds. The van der Waals surface area contributed by atoms with E-state index in [0.29, 0.717) is 0 Å². The average molecular weight is 164 g/mol. The predicted octanol–water partition coefficient (Wildman–Crippen LogP) is 1.79. The second-order valence-corrected chi connectivity index (χ2v) is 2.52. The normalized spacial score (nSPS) is 11.7. The molecule has 2 heteroatoms. The van der Waals surface area contributed by atoms with Gasteiger partial charge in [0, 0.05) is 0 Å². The minimum atomic E-state index is -0.0000463. The van der Waals surface area contributed by atoms with E-state index >= 15 is 0 Å². The molecule has 12 heavy (non-hydrogen) atoms. The molecule has 0 aliphatic carbocycles. The van der Waals surface area contributed by atoms with Gasteiger partial charge in [-0.3, -0.25) is 0 Å². The van der Waals surface area contributed by atoms with Gasteiger partial charge in [-0.1, -0.05) is 18.2 Å². The molecule has 1 rings (SSSR count). The highest BCUT2D eigenvalue weighted by atomic mass is 16.3. The summed E-state index contributed by atoms with van der Waals surface area (Å²) in [5.74, 6) is 0.223. The number of hydrogen-bond donors (Lipinski definition) is 2. The number of aromatic hydroxyl groups is 1. The fraction of sp³-hybridized carbons (Fsp3) is 0.200. The van der Waals surface area contributed by atoms with Crippen LogP contribution >= 0.6 is 0 Å². The molecule has 0 aliphatic heterocycles. The van der Waals surface area contributed by atoms with E-state index in [4.69, 9.17) is 10.2 Å². The third-order valence-electron chi connectivity index (χ3n) is 1.74. The average Bonchev–Trinajstić information content (AvgIpc) is 2.07. The summed E-state index contributed by atoms with van der Waals surface area (Å²) in [5.41, 5.74) is 1.69. The molecule has 64 valence electrons. The van der Waals surface area contributed by atoms with Gasteiger partial charge in [0.25, 0.3) is 0 Å². The van der Waals surface area contributed by atoms with Crippen LogP contribution in [0.25, 0.3) is 5.57 Å². The summed E-state index contributed by atoms with van der Waals surface area (Å²) in [6.07, 6.45) is 1.83. The van der Waals surface area contributed by atoms with Crippen molar-refractivity contribution in [2.75, 3.05) is 6.61 Å². The monoisotopic (exact) mass is 164 g/mol. The van der Waals surface area contributed by atoms with Gasteiger partial charge < -0.3 is 10.2 Å².